The highest BCUT2D eigenvalue weighted by Crippen LogP contribution is 2.21. The van der Waals surface area contributed by atoms with Gasteiger partial charge in [0.15, 0.2) is 5.82 Å². The van der Waals surface area contributed by atoms with Crippen LogP contribution in [-0.2, 0) is 11.3 Å². The molecule has 9 nitrogen and oxygen atoms in total. The molecule has 178 valence electrons. The zero-order chi connectivity index (χ0) is 23.3. The molecule has 4 heterocycles. The second-order valence-electron chi connectivity index (χ2n) is 8.99. The van der Waals surface area contributed by atoms with Crippen molar-refractivity contribution in [3.8, 4) is 11.4 Å². The van der Waals surface area contributed by atoms with Gasteiger partial charge in [-0.05, 0) is 31.0 Å². The lowest BCUT2D eigenvalue weighted by Gasteiger charge is -2.27. The van der Waals surface area contributed by atoms with E-state index in [9.17, 15) is 9.59 Å². The monoisotopic (exact) mass is 462 g/mol. The molecule has 0 unspecified atom stereocenters. The number of nitrogens with one attached hydrogen (secondary N) is 1. The van der Waals surface area contributed by atoms with E-state index in [2.05, 4.69) is 25.2 Å². The standard InChI is InChI=1S/C25H30N6O3/c32-24(29-20-5-2-1-3-6-20)21-16-18-15-19(22-26-7-4-8-27-22)17-28-23(18)31(25(21)33)10-9-30-11-13-34-14-12-30/h4,7-8,15-17,20H,1-3,5-6,9-14H2,(H,29,32). The van der Waals surface area contributed by atoms with Crippen molar-refractivity contribution in [1.29, 1.82) is 0 Å². The number of fused-ring (bicyclic) bond motifs is 1. The molecular weight excluding hydrogens is 432 g/mol. The lowest BCUT2D eigenvalue weighted by atomic mass is 9.95. The quantitative estimate of drug-likeness (QED) is 0.599. The Morgan fingerprint density at radius 1 is 1.03 bits per heavy atom. The molecule has 0 spiro atoms. The fourth-order valence-electron chi connectivity index (χ4n) is 4.78. The highest BCUT2D eigenvalue weighted by molar-refractivity contribution is 5.97. The van der Waals surface area contributed by atoms with Gasteiger partial charge in [0.2, 0.25) is 0 Å². The number of hydrogen-bond acceptors (Lipinski definition) is 7. The largest absolute Gasteiger partial charge is 0.379 e. The van der Waals surface area contributed by atoms with Gasteiger partial charge in [-0.15, -0.1) is 0 Å². The molecule has 0 bridgehead atoms. The third-order valence-corrected chi connectivity index (χ3v) is 6.68. The van der Waals surface area contributed by atoms with Gasteiger partial charge >= 0.3 is 0 Å². The van der Waals surface area contributed by atoms with Crippen molar-refractivity contribution >= 4 is 16.9 Å². The molecule has 1 aliphatic carbocycles. The van der Waals surface area contributed by atoms with E-state index in [0.717, 1.165) is 49.7 Å². The third kappa shape index (κ3) is 5.00. The molecule has 1 aliphatic heterocycles. The molecule has 0 radical (unpaired) electrons. The number of morpholine rings is 1. The Hall–Kier alpha value is -3.17. The Bertz CT molecular complexity index is 1200. The van der Waals surface area contributed by atoms with E-state index in [1.54, 1.807) is 35.3 Å². The van der Waals surface area contributed by atoms with Crippen LogP contribution < -0.4 is 10.9 Å². The van der Waals surface area contributed by atoms with Gasteiger partial charge in [0.1, 0.15) is 11.2 Å². The van der Waals surface area contributed by atoms with Crippen molar-refractivity contribution in [2.24, 2.45) is 0 Å². The maximum absolute atomic E-state index is 13.5. The van der Waals surface area contributed by atoms with Crippen LogP contribution in [0.2, 0.25) is 0 Å². The number of carbonyl (C=O) groups excluding carboxylic acids is 1. The van der Waals surface area contributed by atoms with Crippen molar-refractivity contribution in [1.82, 2.24) is 29.7 Å². The first-order chi connectivity index (χ1) is 16.7. The zero-order valence-electron chi connectivity index (χ0n) is 19.3. The summed E-state index contributed by atoms with van der Waals surface area (Å²) in [4.78, 5) is 42.2. The number of carbonyl (C=O) groups is 1. The second kappa shape index (κ2) is 10.4. The summed E-state index contributed by atoms with van der Waals surface area (Å²) in [6, 6.07) is 5.45. The van der Waals surface area contributed by atoms with Crippen LogP contribution in [0.25, 0.3) is 22.4 Å². The average molecular weight is 463 g/mol. The summed E-state index contributed by atoms with van der Waals surface area (Å²) < 4.78 is 7.07. The predicted molar refractivity (Wildman–Crippen MR) is 129 cm³/mol. The van der Waals surface area contributed by atoms with E-state index in [-0.39, 0.29) is 23.1 Å². The smallest absolute Gasteiger partial charge is 0.265 e. The van der Waals surface area contributed by atoms with Gasteiger partial charge in [-0.25, -0.2) is 15.0 Å². The first-order valence-corrected chi connectivity index (χ1v) is 12.1. The van der Waals surface area contributed by atoms with E-state index in [1.165, 1.54) is 6.42 Å². The molecule has 2 fully saturated rings. The molecule has 0 atom stereocenters. The molecule has 3 aromatic heterocycles. The van der Waals surface area contributed by atoms with Crippen LogP contribution in [0.15, 0.2) is 41.6 Å². The minimum Gasteiger partial charge on any atom is -0.379 e. The van der Waals surface area contributed by atoms with Crippen LogP contribution >= 0.6 is 0 Å². The number of amides is 1. The molecule has 2 aliphatic rings. The highest BCUT2D eigenvalue weighted by atomic mass is 16.5. The van der Waals surface area contributed by atoms with Crippen molar-refractivity contribution in [2.75, 3.05) is 32.8 Å². The van der Waals surface area contributed by atoms with Crippen LogP contribution in [0, 0.1) is 0 Å². The first-order valence-electron chi connectivity index (χ1n) is 12.1. The normalized spacial score (nSPS) is 17.6. The topological polar surface area (TPSA) is 102 Å². The van der Waals surface area contributed by atoms with Gasteiger partial charge < -0.3 is 10.1 Å². The molecule has 1 saturated carbocycles. The second-order valence-corrected chi connectivity index (χ2v) is 8.99. The zero-order valence-corrected chi connectivity index (χ0v) is 19.3. The number of rotatable bonds is 6. The van der Waals surface area contributed by atoms with E-state index in [1.807, 2.05) is 6.07 Å². The molecule has 5 rings (SSSR count). The molecule has 3 aromatic rings. The van der Waals surface area contributed by atoms with Crippen LogP contribution in [0.4, 0.5) is 0 Å². The van der Waals surface area contributed by atoms with Gasteiger partial charge in [-0.2, -0.15) is 0 Å². The SMILES string of the molecule is O=C(NC1CCCCC1)c1cc2cc(-c3ncccn3)cnc2n(CCN2CCOCC2)c1=O. The number of hydrogen-bond donors (Lipinski definition) is 1. The Balaban J connectivity index is 1.51. The third-order valence-electron chi connectivity index (χ3n) is 6.68. The molecule has 34 heavy (non-hydrogen) atoms. The van der Waals surface area contributed by atoms with Gasteiger partial charge in [0, 0.05) is 61.8 Å². The Kier molecular flexibility index (Phi) is 6.92. The number of aromatic nitrogens is 4. The van der Waals surface area contributed by atoms with E-state index < -0.39 is 0 Å². The van der Waals surface area contributed by atoms with Crippen molar-refractivity contribution in [3.05, 3.63) is 52.7 Å². The lowest BCUT2D eigenvalue weighted by Crippen LogP contribution is -2.42. The molecule has 1 amide bonds. The summed E-state index contributed by atoms with van der Waals surface area (Å²) in [5, 5.41) is 3.82. The molecule has 1 N–H and O–H groups in total. The molecule has 9 heteroatoms. The minimum atomic E-state index is -0.305. The van der Waals surface area contributed by atoms with Crippen LogP contribution in [0.5, 0.6) is 0 Å². The summed E-state index contributed by atoms with van der Waals surface area (Å²) >= 11 is 0. The van der Waals surface area contributed by atoms with Gasteiger partial charge in [-0.3, -0.25) is 19.1 Å². The van der Waals surface area contributed by atoms with Crippen molar-refractivity contribution in [3.63, 3.8) is 0 Å². The summed E-state index contributed by atoms with van der Waals surface area (Å²) in [6.07, 6.45) is 10.4. The van der Waals surface area contributed by atoms with Crippen LogP contribution in [-0.4, -0.2) is 69.2 Å². The minimum absolute atomic E-state index is 0.125. The predicted octanol–water partition coefficient (Wildman–Crippen LogP) is 2.25. The van der Waals surface area contributed by atoms with Crippen molar-refractivity contribution in [2.45, 2.75) is 44.7 Å². The lowest BCUT2D eigenvalue weighted by molar-refractivity contribution is 0.0364. The van der Waals surface area contributed by atoms with E-state index in [4.69, 9.17) is 4.74 Å². The maximum Gasteiger partial charge on any atom is 0.265 e. The molecule has 0 aromatic carbocycles. The number of pyridine rings is 2. The Morgan fingerprint density at radius 2 is 1.79 bits per heavy atom. The summed E-state index contributed by atoms with van der Waals surface area (Å²) in [6.45, 7) is 4.19. The Morgan fingerprint density at radius 3 is 2.56 bits per heavy atom. The average Bonchev–Trinajstić information content (AvgIpc) is 2.89. The van der Waals surface area contributed by atoms with Gasteiger partial charge in [0.25, 0.3) is 11.5 Å². The summed E-state index contributed by atoms with van der Waals surface area (Å²) in [7, 11) is 0. The van der Waals surface area contributed by atoms with Gasteiger partial charge in [0.05, 0.1) is 13.2 Å². The number of ether oxygens (including phenoxy) is 1. The fourth-order valence-corrected chi connectivity index (χ4v) is 4.78. The van der Waals surface area contributed by atoms with Gasteiger partial charge in [-0.1, -0.05) is 19.3 Å². The van der Waals surface area contributed by atoms with E-state index in [0.29, 0.717) is 37.8 Å². The maximum atomic E-state index is 13.5. The highest BCUT2D eigenvalue weighted by Gasteiger charge is 2.22. The summed E-state index contributed by atoms with van der Waals surface area (Å²) in [5.74, 6) is 0.247. The van der Waals surface area contributed by atoms with E-state index >= 15 is 0 Å². The number of nitrogens with zero attached hydrogens (tertiary/aromatic N) is 5. The van der Waals surface area contributed by atoms with Crippen LogP contribution in [0.1, 0.15) is 42.5 Å². The summed E-state index contributed by atoms with van der Waals surface area (Å²) in [5.41, 5.74) is 1.16. The molecular formula is C25H30N6O3. The first kappa shape index (κ1) is 22.6. The van der Waals surface area contributed by atoms with Crippen LogP contribution in [0.3, 0.4) is 0 Å². The fraction of sp³-hybridized carbons (Fsp3) is 0.480. The van der Waals surface area contributed by atoms with Crippen molar-refractivity contribution < 1.29 is 9.53 Å². The Labute approximate surface area is 198 Å². The molecule has 1 saturated heterocycles.